The van der Waals surface area contributed by atoms with Crippen LogP contribution >= 0.6 is 0 Å². The van der Waals surface area contributed by atoms with Gasteiger partial charge in [0.25, 0.3) is 5.91 Å². The number of rotatable bonds is 3. The summed E-state index contributed by atoms with van der Waals surface area (Å²) in [5, 5.41) is 2.92. The van der Waals surface area contributed by atoms with Gasteiger partial charge in [0, 0.05) is 13.1 Å². The van der Waals surface area contributed by atoms with Crippen molar-refractivity contribution in [3.05, 3.63) is 42.5 Å². The van der Waals surface area contributed by atoms with E-state index in [-0.39, 0.29) is 5.91 Å². The molecule has 20 heavy (non-hydrogen) atoms. The third-order valence-electron chi connectivity index (χ3n) is 3.25. The first-order valence-corrected chi connectivity index (χ1v) is 6.56. The Bertz CT molecular complexity index is 577. The summed E-state index contributed by atoms with van der Waals surface area (Å²) in [6, 6.07) is 7.79. The molecule has 104 valence electrons. The average Bonchev–Trinajstić information content (AvgIpc) is 3.03. The number of imidazole rings is 1. The monoisotopic (exact) mass is 272 g/mol. The Kier molecular flexibility index (Phi) is 3.64. The van der Waals surface area contributed by atoms with Crippen molar-refractivity contribution in [2.45, 2.75) is 0 Å². The van der Waals surface area contributed by atoms with Gasteiger partial charge in [0.05, 0.1) is 37.1 Å². The normalized spacial score (nSPS) is 15.1. The van der Waals surface area contributed by atoms with Crippen LogP contribution in [0.1, 0.15) is 10.5 Å². The number of ether oxygens (including phenoxy) is 1. The molecule has 0 saturated carbocycles. The van der Waals surface area contributed by atoms with Crippen molar-refractivity contribution in [3.63, 3.8) is 0 Å². The molecular formula is C14H16N4O2. The van der Waals surface area contributed by atoms with Gasteiger partial charge in [0.1, 0.15) is 5.69 Å². The molecule has 1 aliphatic heterocycles. The maximum absolute atomic E-state index is 12.1. The molecule has 6 heteroatoms. The van der Waals surface area contributed by atoms with E-state index in [1.807, 2.05) is 24.3 Å². The van der Waals surface area contributed by atoms with Crippen LogP contribution in [0.15, 0.2) is 36.8 Å². The second-order valence-electron chi connectivity index (χ2n) is 4.54. The first-order valence-electron chi connectivity index (χ1n) is 6.56. The summed E-state index contributed by atoms with van der Waals surface area (Å²) in [6.07, 6.45) is 3.00. The topological polar surface area (TPSA) is 70.2 Å². The summed E-state index contributed by atoms with van der Waals surface area (Å²) in [4.78, 5) is 21.0. The minimum absolute atomic E-state index is 0.191. The molecule has 0 aliphatic carbocycles. The minimum atomic E-state index is -0.191. The average molecular weight is 272 g/mol. The number of hydrogen-bond donors (Lipinski definition) is 2. The van der Waals surface area contributed by atoms with Crippen molar-refractivity contribution >= 4 is 17.3 Å². The van der Waals surface area contributed by atoms with Gasteiger partial charge in [0.2, 0.25) is 0 Å². The Morgan fingerprint density at radius 3 is 2.85 bits per heavy atom. The molecule has 1 aliphatic rings. The Balaban J connectivity index is 1.80. The van der Waals surface area contributed by atoms with Gasteiger partial charge in [-0.25, -0.2) is 4.98 Å². The second-order valence-corrected chi connectivity index (χ2v) is 4.54. The van der Waals surface area contributed by atoms with Crippen molar-refractivity contribution in [1.82, 2.24) is 9.97 Å². The lowest BCUT2D eigenvalue weighted by Gasteiger charge is -2.30. The second kappa shape index (κ2) is 5.75. The molecule has 1 fully saturated rings. The number of anilines is 2. The highest BCUT2D eigenvalue weighted by Crippen LogP contribution is 2.26. The smallest absolute Gasteiger partial charge is 0.273 e. The number of H-pyrrole nitrogens is 1. The zero-order valence-corrected chi connectivity index (χ0v) is 11.0. The Labute approximate surface area is 116 Å². The lowest BCUT2D eigenvalue weighted by Crippen LogP contribution is -2.36. The lowest BCUT2D eigenvalue weighted by molar-refractivity contribution is 0.102. The highest BCUT2D eigenvalue weighted by molar-refractivity contribution is 6.04. The van der Waals surface area contributed by atoms with Crippen LogP contribution in [0.5, 0.6) is 0 Å². The summed E-state index contributed by atoms with van der Waals surface area (Å²) in [5.74, 6) is -0.191. The summed E-state index contributed by atoms with van der Waals surface area (Å²) >= 11 is 0. The van der Waals surface area contributed by atoms with Crippen LogP contribution < -0.4 is 10.2 Å². The number of carbonyl (C=O) groups is 1. The van der Waals surface area contributed by atoms with Gasteiger partial charge in [-0.1, -0.05) is 12.1 Å². The SMILES string of the molecule is O=C(Nc1ccccc1N1CCOCC1)c1cnc[nH]1. The first kappa shape index (κ1) is 12.7. The summed E-state index contributed by atoms with van der Waals surface area (Å²) in [6.45, 7) is 3.08. The van der Waals surface area contributed by atoms with Gasteiger partial charge >= 0.3 is 0 Å². The number of carbonyl (C=O) groups excluding carboxylic acids is 1. The number of aromatic nitrogens is 2. The first-order chi connectivity index (χ1) is 9.84. The number of nitrogens with one attached hydrogen (secondary N) is 2. The van der Waals surface area contributed by atoms with Crippen LogP contribution in [0.2, 0.25) is 0 Å². The highest BCUT2D eigenvalue weighted by atomic mass is 16.5. The molecule has 0 atom stereocenters. The summed E-state index contributed by atoms with van der Waals surface area (Å²) < 4.78 is 5.36. The molecule has 0 radical (unpaired) electrons. The molecule has 1 aromatic carbocycles. The molecule has 2 heterocycles. The lowest BCUT2D eigenvalue weighted by atomic mass is 10.2. The molecule has 1 saturated heterocycles. The number of aromatic amines is 1. The van der Waals surface area contributed by atoms with Crippen LogP contribution in [-0.2, 0) is 4.74 Å². The van der Waals surface area contributed by atoms with Crippen LogP contribution in [0, 0.1) is 0 Å². The van der Waals surface area contributed by atoms with Gasteiger partial charge in [-0.3, -0.25) is 4.79 Å². The van der Waals surface area contributed by atoms with Gasteiger partial charge in [0.15, 0.2) is 0 Å². The predicted molar refractivity (Wildman–Crippen MR) is 76.0 cm³/mol. The van der Waals surface area contributed by atoms with Crippen molar-refractivity contribution < 1.29 is 9.53 Å². The summed E-state index contributed by atoms with van der Waals surface area (Å²) in [7, 11) is 0. The third-order valence-corrected chi connectivity index (χ3v) is 3.25. The summed E-state index contributed by atoms with van der Waals surface area (Å²) in [5.41, 5.74) is 2.26. The van der Waals surface area contributed by atoms with E-state index in [1.54, 1.807) is 0 Å². The minimum Gasteiger partial charge on any atom is -0.378 e. The highest BCUT2D eigenvalue weighted by Gasteiger charge is 2.16. The van der Waals surface area contributed by atoms with Gasteiger partial charge < -0.3 is 19.9 Å². The van der Waals surface area contributed by atoms with E-state index in [0.29, 0.717) is 18.9 Å². The van der Waals surface area contributed by atoms with Crippen LogP contribution in [0.3, 0.4) is 0 Å². The number of nitrogens with zero attached hydrogens (tertiary/aromatic N) is 2. The van der Waals surface area contributed by atoms with Gasteiger partial charge in [-0.2, -0.15) is 0 Å². The van der Waals surface area contributed by atoms with E-state index in [0.717, 1.165) is 24.5 Å². The van der Waals surface area contributed by atoms with Crippen molar-refractivity contribution in [1.29, 1.82) is 0 Å². The maximum Gasteiger partial charge on any atom is 0.273 e. The Morgan fingerprint density at radius 2 is 2.10 bits per heavy atom. The zero-order valence-electron chi connectivity index (χ0n) is 11.0. The number of para-hydroxylation sites is 2. The number of hydrogen-bond acceptors (Lipinski definition) is 4. The van der Waals surface area contributed by atoms with Crippen molar-refractivity contribution in [3.8, 4) is 0 Å². The molecule has 0 spiro atoms. The quantitative estimate of drug-likeness (QED) is 0.888. The van der Waals surface area contributed by atoms with Crippen molar-refractivity contribution in [2.75, 3.05) is 36.5 Å². The Hall–Kier alpha value is -2.34. The molecule has 0 unspecified atom stereocenters. The van der Waals surface area contributed by atoms with E-state index in [2.05, 4.69) is 20.2 Å². The molecule has 0 bridgehead atoms. The number of benzene rings is 1. The standard InChI is InChI=1S/C14H16N4O2/c19-14(12-9-15-10-16-12)17-11-3-1-2-4-13(11)18-5-7-20-8-6-18/h1-4,9-10H,5-8H2,(H,15,16)(H,17,19). The fraction of sp³-hybridized carbons (Fsp3) is 0.286. The van der Waals surface area contributed by atoms with Gasteiger partial charge in [-0.15, -0.1) is 0 Å². The molecular weight excluding hydrogens is 256 g/mol. The predicted octanol–water partition coefficient (Wildman–Crippen LogP) is 1.50. The fourth-order valence-corrected chi connectivity index (χ4v) is 2.23. The number of morpholine rings is 1. The molecule has 6 nitrogen and oxygen atoms in total. The third kappa shape index (κ3) is 2.65. The van der Waals surface area contributed by atoms with Crippen LogP contribution in [0.4, 0.5) is 11.4 Å². The molecule has 2 N–H and O–H groups in total. The van der Waals surface area contributed by atoms with E-state index >= 15 is 0 Å². The molecule has 3 rings (SSSR count). The maximum atomic E-state index is 12.1. The van der Waals surface area contributed by atoms with Crippen LogP contribution in [-0.4, -0.2) is 42.2 Å². The Morgan fingerprint density at radius 1 is 1.30 bits per heavy atom. The van der Waals surface area contributed by atoms with Crippen LogP contribution in [0.25, 0.3) is 0 Å². The van der Waals surface area contributed by atoms with E-state index in [1.165, 1.54) is 12.5 Å². The number of amides is 1. The van der Waals surface area contributed by atoms with E-state index < -0.39 is 0 Å². The van der Waals surface area contributed by atoms with Gasteiger partial charge in [-0.05, 0) is 12.1 Å². The van der Waals surface area contributed by atoms with E-state index in [4.69, 9.17) is 4.74 Å². The molecule has 1 amide bonds. The fourth-order valence-electron chi connectivity index (χ4n) is 2.23. The molecule has 2 aromatic rings. The van der Waals surface area contributed by atoms with E-state index in [9.17, 15) is 4.79 Å². The van der Waals surface area contributed by atoms with Crippen molar-refractivity contribution in [2.24, 2.45) is 0 Å². The zero-order chi connectivity index (χ0) is 13.8. The molecule has 1 aromatic heterocycles. The largest absolute Gasteiger partial charge is 0.378 e.